The SMILES string of the molecule is CN(C(=O)NCc1cccc(F)c1Cl)[C@@H](CCCOP(=O)(OC(C)(C)C)OC(C)(C)C)COC(=O)Nc1cc2ccccc2cn1. The van der Waals surface area contributed by atoms with Crippen molar-refractivity contribution in [2.75, 3.05) is 25.6 Å². The molecular formula is C32H43ClFN4O7P. The summed E-state index contributed by atoms with van der Waals surface area (Å²) >= 11 is 6.04. The van der Waals surface area contributed by atoms with Gasteiger partial charge in [-0.1, -0.05) is 48.0 Å². The molecule has 3 aromatic rings. The van der Waals surface area contributed by atoms with Crippen molar-refractivity contribution in [1.82, 2.24) is 15.2 Å². The number of ether oxygens (including phenoxy) is 1. The standard InChI is InChI=1S/C32H43ClFN4O7P/c1-31(2,3)44-46(41,45-32(4,5)6)43-17-11-15-25(38(7)29(39)36-20-24-14-10-16-26(34)28(24)33)21-42-30(40)37-27-18-22-12-8-9-13-23(22)19-35-27/h8-10,12-14,16,18-19,25H,11,15,17,20-21H2,1-7H3,(H,36,39)(H,35,37,40)/t25-/m0/s1. The zero-order chi connectivity index (χ0) is 34.1. The molecular weight excluding hydrogens is 638 g/mol. The van der Waals surface area contributed by atoms with Crippen LogP contribution in [0.1, 0.15) is 59.9 Å². The van der Waals surface area contributed by atoms with Crippen LogP contribution in [0.4, 0.5) is 19.8 Å². The molecule has 0 aliphatic rings. The third-order valence-electron chi connectivity index (χ3n) is 6.30. The third kappa shape index (κ3) is 12.1. The molecule has 0 aliphatic carbocycles. The first kappa shape index (κ1) is 37.2. The Labute approximate surface area is 274 Å². The number of amides is 3. The summed E-state index contributed by atoms with van der Waals surface area (Å²) in [5.74, 6) is -0.289. The van der Waals surface area contributed by atoms with E-state index < -0.39 is 43.0 Å². The van der Waals surface area contributed by atoms with Crippen molar-refractivity contribution in [2.45, 2.75) is 78.2 Å². The number of anilines is 1. The fraction of sp³-hybridized carbons (Fsp3) is 0.469. The lowest BCUT2D eigenvalue weighted by Gasteiger charge is -2.31. The zero-order valence-electron chi connectivity index (χ0n) is 27.3. The van der Waals surface area contributed by atoms with Crippen molar-refractivity contribution in [1.29, 1.82) is 0 Å². The van der Waals surface area contributed by atoms with Crippen LogP contribution < -0.4 is 10.6 Å². The number of pyridine rings is 1. The lowest BCUT2D eigenvalue weighted by molar-refractivity contribution is 0.00238. The minimum atomic E-state index is -3.94. The van der Waals surface area contributed by atoms with Crippen LogP contribution in [-0.4, -0.2) is 59.5 Å². The zero-order valence-corrected chi connectivity index (χ0v) is 28.9. The fourth-order valence-corrected chi connectivity index (χ4v) is 6.27. The summed E-state index contributed by atoms with van der Waals surface area (Å²) in [6, 6.07) is 12.5. The Balaban J connectivity index is 1.66. The van der Waals surface area contributed by atoms with Crippen molar-refractivity contribution >= 4 is 48.1 Å². The highest BCUT2D eigenvalue weighted by Gasteiger charge is 2.37. The Bertz CT molecular complexity index is 1530. The molecule has 2 N–H and O–H groups in total. The van der Waals surface area contributed by atoms with E-state index in [1.165, 1.54) is 24.1 Å². The molecule has 1 atom stereocenters. The second-order valence-corrected chi connectivity index (χ2v) is 14.5. The molecule has 3 rings (SSSR count). The first-order valence-corrected chi connectivity index (χ1v) is 16.7. The van der Waals surface area contributed by atoms with Crippen molar-refractivity contribution < 1.29 is 36.9 Å². The maximum atomic E-state index is 13.9. The van der Waals surface area contributed by atoms with Crippen molar-refractivity contribution in [3.8, 4) is 0 Å². The van der Waals surface area contributed by atoms with Crippen LogP contribution in [0.3, 0.4) is 0 Å². The highest BCUT2D eigenvalue weighted by Crippen LogP contribution is 2.55. The highest BCUT2D eigenvalue weighted by molar-refractivity contribution is 7.48. The van der Waals surface area contributed by atoms with E-state index in [1.54, 1.807) is 59.9 Å². The first-order valence-electron chi connectivity index (χ1n) is 14.8. The average Bonchev–Trinajstić information content (AvgIpc) is 2.95. The number of likely N-dealkylation sites (N-methyl/N-ethyl adjacent to an activating group) is 1. The fourth-order valence-electron chi connectivity index (χ4n) is 4.24. The van der Waals surface area contributed by atoms with Gasteiger partial charge in [0.15, 0.2) is 0 Å². The van der Waals surface area contributed by atoms with Crippen LogP contribution in [0.2, 0.25) is 5.02 Å². The van der Waals surface area contributed by atoms with E-state index in [0.717, 1.165) is 10.8 Å². The van der Waals surface area contributed by atoms with Gasteiger partial charge in [0, 0.05) is 25.2 Å². The molecule has 3 amide bonds. The van der Waals surface area contributed by atoms with Crippen LogP contribution in [0, 0.1) is 5.82 Å². The average molecular weight is 681 g/mol. The number of halogens is 2. The number of urea groups is 1. The quantitative estimate of drug-likeness (QED) is 0.136. The van der Waals surface area contributed by atoms with Gasteiger partial charge in [-0.25, -0.2) is 23.5 Å². The topological polar surface area (TPSA) is 128 Å². The maximum absolute atomic E-state index is 13.9. The Morgan fingerprint density at radius 2 is 1.67 bits per heavy atom. The summed E-state index contributed by atoms with van der Waals surface area (Å²) in [5.41, 5.74) is -1.19. The Hall–Kier alpha value is -3.28. The van der Waals surface area contributed by atoms with Crippen LogP contribution in [0.5, 0.6) is 0 Å². The lowest BCUT2D eigenvalue weighted by Crippen LogP contribution is -2.46. The normalized spacial score (nSPS) is 12.9. The number of carbonyl (C=O) groups is 2. The number of phosphoric acid groups is 1. The van der Waals surface area contributed by atoms with E-state index >= 15 is 0 Å². The van der Waals surface area contributed by atoms with E-state index in [2.05, 4.69) is 15.6 Å². The van der Waals surface area contributed by atoms with E-state index in [0.29, 0.717) is 17.8 Å². The summed E-state index contributed by atoms with van der Waals surface area (Å²) in [5, 5.41) is 7.05. The molecule has 0 aliphatic heterocycles. The molecule has 0 spiro atoms. The first-order chi connectivity index (χ1) is 21.4. The highest BCUT2D eigenvalue weighted by atomic mass is 35.5. The number of nitrogens with zero attached hydrogens (tertiary/aromatic N) is 2. The monoisotopic (exact) mass is 680 g/mol. The number of aromatic nitrogens is 1. The second kappa shape index (κ2) is 16.0. The Morgan fingerprint density at radius 1 is 1.02 bits per heavy atom. The van der Waals surface area contributed by atoms with Gasteiger partial charge in [-0.05, 0) is 77.5 Å². The van der Waals surface area contributed by atoms with E-state index in [1.807, 2.05) is 24.3 Å². The second-order valence-electron chi connectivity index (χ2n) is 12.6. The van der Waals surface area contributed by atoms with Gasteiger partial charge in [-0.15, -0.1) is 0 Å². The molecule has 0 fully saturated rings. The number of hydrogen-bond donors (Lipinski definition) is 2. The number of rotatable bonds is 13. The molecule has 0 saturated carbocycles. The summed E-state index contributed by atoms with van der Waals surface area (Å²) in [7, 11) is -2.41. The largest absolute Gasteiger partial charge is 0.475 e. The van der Waals surface area contributed by atoms with Crippen molar-refractivity contribution in [3.05, 3.63) is 71.1 Å². The predicted molar refractivity (Wildman–Crippen MR) is 176 cm³/mol. The summed E-state index contributed by atoms with van der Waals surface area (Å²) < 4.78 is 49.8. The van der Waals surface area contributed by atoms with Crippen LogP contribution in [0.25, 0.3) is 10.8 Å². The van der Waals surface area contributed by atoms with Gasteiger partial charge in [0.05, 0.1) is 28.9 Å². The summed E-state index contributed by atoms with van der Waals surface area (Å²) in [4.78, 5) is 31.4. The van der Waals surface area contributed by atoms with Crippen molar-refractivity contribution in [3.63, 3.8) is 0 Å². The van der Waals surface area contributed by atoms with Gasteiger partial charge >= 0.3 is 19.9 Å². The molecule has 1 heterocycles. The van der Waals surface area contributed by atoms with E-state index in [-0.39, 0.29) is 31.2 Å². The summed E-state index contributed by atoms with van der Waals surface area (Å²) in [6.45, 7) is 10.2. The smallest absolute Gasteiger partial charge is 0.447 e. The lowest BCUT2D eigenvalue weighted by atomic mass is 10.1. The van der Waals surface area contributed by atoms with Gasteiger partial charge in [0.25, 0.3) is 0 Å². The minimum Gasteiger partial charge on any atom is -0.447 e. The van der Waals surface area contributed by atoms with Gasteiger partial charge < -0.3 is 15.0 Å². The summed E-state index contributed by atoms with van der Waals surface area (Å²) in [6.07, 6.45) is 1.48. The number of hydrogen-bond acceptors (Lipinski definition) is 8. The van der Waals surface area contributed by atoms with Gasteiger partial charge in [-0.3, -0.25) is 18.9 Å². The molecule has 1 aromatic heterocycles. The molecule has 14 heteroatoms. The molecule has 0 unspecified atom stereocenters. The molecule has 0 radical (unpaired) electrons. The van der Waals surface area contributed by atoms with E-state index in [9.17, 15) is 18.5 Å². The predicted octanol–water partition coefficient (Wildman–Crippen LogP) is 8.32. The molecule has 252 valence electrons. The molecule has 0 saturated heterocycles. The van der Waals surface area contributed by atoms with Gasteiger partial charge in [-0.2, -0.15) is 0 Å². The number of nitrogens with one attached hydrogen (secondary N) is 2. The van der Waals surface area contributed by atoms with E-state index in [4.69, 9.17) is 29.9 Å². The molecule has 2 aromatic carbocycles. The Morgan fingerprint density at radius 3 is 2.33 bits per heavy atom. The maximum Gasteiger partial charge on any atom is 0.475 e. The third-order valence-corrected chi connectivity index (χ3v) is 8.76. The van der Waals surface area contributed by atoms with Crippen LogP contribution in [-0.2, 0) is 29.4 Å². The minimum absolute atomic E-state index is 0.0258. The molecule has 46 heavy (non-hydrogen) atoms. The number of phosphoric ester groups is 1. The number of benzene rings is 2. The Kier molecular flexibility index (Phi) is 12.9. The molecule has 0 bridgehead atoms. The van der Waals surface area contributed by atoms with Crippen molar-refractivity contribution in [2.24, 2.45) is 0 Å². The number of fused-ring (bicyclic) bond motifs is 1. The number of carbonyl (C=O) groups excluding carboxylic acids is 2. The van der Waals surface area contributed by atoms with Gasteiger partial charge in [0.2, 0.25) is 0 Å². The van der Waals surface area contributed by atoms with Crippen LogP contribution in [0.15, 0.2) is 54.7 Å². The van der Waals surface area contributed by atoms with Crippen LogP contribution >= 0.6 is 19.4 Å². The van der Waals surface area contributed by atoms with Gasteiger partial charge in [0.1, 0.15) is 18.2 Å². The molecule has 11 nitrogen and oxygen atoms in total.